The third-order valence-electron chi connectivity index (χ3n) is 4.25. The highest BCUT2D eigenvalue weighted by Crippen LogP contribution is 2.20. The van der Waals surface area contributed by atoms with E-state index in [0.717, 1.165) is 0 Å². The molecule has 0 aliphatic carbocycles. The van der Waals surface area contributed by atoms with Crippen LogP contribution >= 0.6 is 0 Å². The Kier molecular flexibility index (Phi) is 5.10. The smallest absolute Gasteiger partial charge is 0.308 e. The van der Waals surface area contributed by atoms with E-state index in [1.165, 1.54) is 35.4 Å². The number of carboxylic acid groups (broad SMARTS) is 1. The summed E-state index contributed by atoms with van der Waals surface area (Å²) in [6, 6.07) is 8.88. The monoisotopic (exact) mass is 378 g/mol. The van der Waals surface area contributed by atoms with Crippen LogP contribution in [0, 0.1) is 5.92 Å². The Morgan fingerprint density at radius 3 is 2.54 bits per heavy atom. The molecule has 1 aliphatic rings. The molecule has 1 amide bonds. The van der Waals surface area contributed by atoms with Gasteiger partial charge >= 0.3 is 5.97 Å². The average molecular weight is 378 g/mol. The Balaban J connectivity index is 1.66. The average Bonchev–Trinajstić information content (AvgIpc) is 3.31. The highest BCUT2D eigenvalue weighted by molar-refractivity contribution is 7.89. The summed E-state index contributed by atoms with van der Waals surface area (Å²) in [7, 11) is -3.73. The van der Waals surface area contributed by atoms with Crippen LogP contribution in [0.25, 0.3) is 0 Å². The minimum atomic E-state index is -3.73. The van der Waals surface area contributed by atoms with E-state index in [0.29, 0.717) is 24.3 Å². The lowest BCUT2D eigenvalue weighted by atomic mass is 10.1. The number of sulfonamides is 1. The molecular weight excluding hydrogens is 360 g/mol. The number of aliphatic carboxylic acids is 1. The third kappa shape index (κ3) is 3.94. The number of hydrogen-bond acceptors (Lipinski definition) is 5. The van der Waals surface area contributed by atoms with Gasteiger partial charge in [-0.2, -0.15) is 0 Å². The number of hydrogen-bond donors (Lipinski definition) is 2. The minimum absolute atomic E-state index is 0.0281. The lowest BCUT2D eigenvalue weighted by Gasteiger charge is -2.16. The summed E-state index contributed by atoms with van der Waals surface area (Å²) in [6.07, 6.45) is 1.88. The van der Waals surface area contributed by atoms with E-state index < -0.39 is 21.9 Å². The lowest BCUT2D eigenvalue weighted by molar-refractivity contribution is -0.141. The van der Waals surface area contributed by atoms with Crippen molar-refractivity contribution in [1.82, 2.24) is 9.62 Å². The molecule has 2 aromatic rings. The van der Waals surface area contributed by atoms with Crippen LogP contribution in [0.1, 0.15) is 22.5 Å². The highest BCUT2D eigenvalue weighted by atomic mass is 32.2. The minimum Gasteiger partial charge on any atom is -0.481 e. The molecule has 0 radical (unpaired) electrons. The first-order chi connectivity index (χ1) is 12.4. The molecule has 1 unspecified atom stereocenters. The van der Waals surface area contributed by atoms with Crippen LogP contribution in [-0.4, -0.2) is 43.4 Å². The van der Waals surface area contributed by atoms with Crippen LogP contribution in [0.15, 0.2) is 52.0 Å². The number of likely N-dealkylation sites (tertiary alicyclic amines) is 1. The quantitative estimate of drug-likeness (QED) is 0.783. The molecule has 0 saturated carbocycles. The van der Waals surface area contributed by atoms with Crippen LogP contribution in [0.3, 0.4) is 0 Å². The first kappa shape index (κ1) is 18.2. The highest BCUT2D eigenvalue weighted by Gasteiger charge is 2.31. The molecule has 0 bridgehead atoms. The van der Waals surface area contributed by atoms with Crippen molar-refractivity contribution < 1.29 is 27.5 Å². The second-order valence-corrected chi connectivity index (χ2v) is 7.77. The van der Waals surface area contributed by atoms with Gasteiger partial charge in [0.1, 0.15) is 5.76 Å². The zero-order chi connectivity index (χ0) is 18.7. The molecule has 2 N–H and O–H groups in total. The SMILES string of the molecule is O=C(O)C1CCN(C(=O)c2ccc(S(=O)(=O)NCc3ccco3)cc2)C1. The lowest BCUT2D eigenvalue weighted by Crippen LogP contribution is -2.30. The summed E-state index contributed by atoms with van der Waals surface area (Å²) >= 11 is 0. The molecule has 138 valence electrons. The summed E-state index contributed by atoms with van der Waals surface area (Å²) in [5, 5.41) is 9.01. The fraction of sp³-hybridized carbons (Fsp3) is 0.294. The number of benzene rings is 1. The van der Waals surface area contributed by atoms with Crippen molar-refractivity contribution in [2.24, 2.45) is 5.92 Å². The van der Waals surface area contributed by atoms with E-state index in [1.54, 1.807) is 12.1 Å². The second-order valence-electron chi connectivity index (χ2n) is 6.00. The molecular formula is C17H18N2O6S. The van der Waals surface area contributed by atoms with Crippen molar-refractivity contribution in [3.05, 3.63) is 54.0 Å². The van der Waals surface area contributed by atoms with Crippen molar-refractivity contribution in [1.29, 1.82) is 0 Å². The Morgan fingerprint density at radius 1 is 1.23 bits per heavy atom. The van der Waals surface area contributed by atoms with E-state index in [9.17, 15) is 18.0 Å². The normalized spacial score (nSPS) is 17.4. The van der Waals surface area contributed by atoms with Gasteiger partial charge in [-0.1, -0.05) is 0 Å². The molecule has 1 aromatic heterocycles. The molecule has 1 aliphatic heterocycles. The van der Waals surface area contributed by atoms with Gasteiger partial charge in [-0.15, -0.1) is 0 Å². The standard InChI is InChI=1S/C17H18N2O6S/c20-16(19-8-7-13(11-19)17(21)22)12-3-5-15(6-4-12)26(23,24)18-10-14-2-1-9-25-14/h1-6,9,13,18H,7-8,10-11H2,(H,21,22). The van der Waals surface area contributed by atoms with Crippen molar-refractivity contribution in [3.63, 3.8) is 0 Å². The van der Waals surface area contributed by atoms with Gasteiger partial charge in [0.2, 0.25) is 10.0 Å². The molecule has 1 fully saturated rings. The topological polar surface area (TPSA) is 117 Å². The van der Waals surface area contributed by atoms with Crippen LogP contribution in [0.2, 0.25) is 0 Å². The first-order valence-electron chi connectivity index (χ1n) is 8.01. The largest absolute Gasteiger partial charge is 0.481 e. The van der Waals surface area contributed by atoms with Crippen LogP contribution in [-0.2, 0) is 21.4 Å². The van der Waals surface area contributed by atoms with Crippen LogP contribution in [0.4, 0.5) is 0 Å². The zero-order valence-electron chi connectivity index (χ0n) is 13.8. The summed E-state index contributed by atoms with van der Waals surface area (Å²) in [5.74, 6) is -1.28. The van der Waals surface area contributed by atoms with Gasteiger partial charge in [0.25, 0.3) is 5.91 Å². The van der Waals surface area contributed by atoms with Gasteiger partial charge in [0, 0.05) is 18.7 Å². The Labute approximate surface area is 150 Å². The number of carboxylic acids is 1. The number of amides is 1. The summed E-state index contributed by atoms with van der Waals surface area (Å²) in [6.45, 7) is 0.569. The molecule has 1 aromatic carbocycles. The van der Waals surface area contributed by atoms with E-state index in [1.807, 2.05) is 0 Å². The molecule has 26 heavy (non-hydrogen) atoms. The van der Waals surface area contributed by atoms with Crippen molar-refractivity contribution >= 4 is 21.9 Å². The molecule has 1 atom stereocenters. The van der Waals surface area contributed by atoms with Gasteiger partial charge < -0.3 is 14.4 Å². The van der Waals surface area contributed by atoms with Gasteiger partial charge in [-0.25, -0.2) is 13.1 Å². The summed E-state index contributed by atoms with van der Waals surface area (Å²) in [4.78, 5) is 24.9. The van der Waals surface area contributed by atoms with Crippen molar-refractivity contribution in [3.8, 4) is 0 Å². The second kappa shape index (κ2) is 7.30. The number of carbonyl (C=O) groups is 2. The maximum absolute atomic E-state index is 12.4. The van der Waals surface area contributed by atoms with Gasteiger partial charge in [0.05, 0.1) is 23.6 Å². The predicted octanol–water partition coefficient (Wildman–Crippen LogP) is 1.30. The van der Waals surface area contributed by atoms with Gasteiger partial charge in [0.15, 0.2) is 0 Å². The van der Waals surface area contributed by atoms with Crippen LogP contribution < -0.4 is 4.72 Å². The van der Waals surface area contributed by atoms with E-state index in [-0.39, 0.29) is 23.9 Å². The van der Waals surface area contributed by atoms with Crippen LogP contribution in [0.5, 0.6) is 0 Å². The van der Waals surface area contributed by atoms with Gasteiger partial charge in [-0.05, 0) is 42.8 Å². The molecule has 3 rings (SSSR count). The van der Waals surface area contributed by atoms with Gasteiger partial charge in [-0.3, -0.25) is 9.59 Å². The van der Waals surface area contributed by atoms with E-state index in [2.05, 4.69) is 4.72 Å². The molecule has 2 heterocycles. The maximum atomic E-state index is 12.4. The summed E-state index contributed by atoms with van der Waals surface area (Å²) in [5.41, 5.74) is 0.320. The molecule has 0 spiro atoms. The fourth-order valence-electron chi connectivity index (χ4n) is 2.77. The maximum Gasteiger partial charge on any atom is 0.308 e. The molecule has 9 heteroatoms. The predicted molar refractivity (Wildman–Crippen MR) is 90.8 cm³/mol. The number of nitrogens with zero attached hydrogens (tertiary/aromatic N) is 1. The number of furan rings is 1. The van der Waals surface area contributed by atoms with Crippen molar-refractivity contribution in [2.45, 2.75) is 17.9 Å². The Hall–Kier alpha value is -2.65. The van der Waals surface area contributed by atoms with E-state index >= 15 is 0 Å². The van der Waals surface area contributed by atoms with E-state index in [4.69, 9.17) is 9.52 Å². The first-order valence-corrected chi connectivity index (χ1v) is 9.49. The molecule has 1 saturated heterocycles. The number of rotatable bonds is 6. The van der Waals surface area contributed by atoms with Crippen molar-refractivity contribution in [2.75, 3.05) is 13.1 Å². The number of nitrogens with one attached hydrogen (secondary N) is 1. The fourth-order valence-corrected chi connectivity index (χ4v) is 3.76. The summed E-state index contributed by atoms with van der Waals surface area (Å²) < 4.78 is 32.0. The number of carbonyl (C=O) groups excluding carboxylic acids is 1. The Morgan fingerprint density at radius 2 is 1.96 bits per heavy atom. The third-order valence-corrected chi connectivity index (χ3v) is 5.67. The Bertz CT molecular complexity index is 890. The zero-order valence-corrected chi connectivity index (χ0v) is 14.6. The molecule has 8 nitrogen and oxygen atoms in total.